The molecule has 1 aromatic carbocycles. The number of ether oxygens (including phenoxy) is 1. The molecule has 8 nitrogen and oxygen atoms in total. The van der Waals surface area contributed by atoms with Crippen LogP contribution in [-0.2, 0) is 11.3 Å². The van der Waals surface area contributed by atoms with E-state index in [1.807, 2.05) is 0 Å². The summed E-state index contributed by atoms with van der Waals surface area (Å²) >= 11 is 0. The van der Waals surface area contributed by atoms with Gasteiger partial charge in [-0.1, -0.05) is 6.58 Å². The Balaban J connectivity index is 1.86. The maximum absolute atomic E-state index is 12.6. The van der Waals surface area contributed by atoms with Gasteiger partial charge in [0.2, 0.25) is 0 Å². The molecule has 0 saturated heterocycles. The topological polar surface area (TPSA) is 118 Å². The number of aromatic nitrogens is 1. The third-order valence-electron chi connectivity index (χ3n) is 3.56. The molecule has 10 heteroatoms. The van der Waals surface area contributed by atoms with Crippen LogP contribution in [0.5, 0.6) is 0 Å². The minimum absolute atomic E-state index is 0.229. The first-order chi connectivity index (χ1) is 14.1. The number of benzene rings is 1. The molecule has 0 unspecified atom stereocenters. The van der Waals surface area contributed by atoms with Crippen LogP contribution in [0.4, 0.5) is 19.3 Å². The average Bonchev–Trinajstić information content (AvgIpc) is 2.66. The highest BCUT2D eigenvalue weighted by Crippen LogP contribution is 2.14. The highest BCUT2D eigenvalue weighted by Gasteiger charge is 2.24. The van der Waals surface area contributed by atoms with Gasteiger partial charge in [-0.15, -0.1) is 8.78 Å². The molecule has 0 radical (unpaired) electrons. The molecule has 3 amide bonds. The molecule has 2 rings (SSSR count). The number of rotatable bonds is 8. The Bertz CT molecular complexity index is 926. The number of pyridine rings is 1. The summed E-state index contributed by atoms with van der Waals surface area (Å²) < 4.78 is 29.2. The number of amides is 3. The number of urea groups is 1. The Morgan fingerprint density at radius 3 is 2.43 bits per heavy atom. The number of nitrogens with two attached hydrogens (primary N) is 1. The maximum atomic E-state index is 12.6. The molecule has 158 valence electrons. The molecular formula is C20H21F2N5O3. The second kappa shape index (κ2) is 10.1. The van der Waals surface area contributed by atoms with Gasteiger partial charge in [-0.2, -0.15) is 0 Å². The van der Waals surface area contributed by atoms with E-state index in [0.717, 1.165) is 11.6 Å². The van der Waals surface area contributed by atoms with E-state index in [4.69, 9.17) is 0 Å². The summed E-state index contributed by atoms with van der Waals surface area (Å²) in [7, 11) is 0. The summed E-state index contributed by atoms with van der Waals surface area (Å²) in [6, 6.07) is 9.27. The molecule has 1 heterocycles. The normalized spacial score (nSPS) is 11.4. The van der Waals surface area contributed by atoms with Crippen LogP contribution in [0.25, 0.3) is 0 Å². The molecule has 0 spiro atoms. The number of nitrogens with one attached hydrogen (secondary N) is 3. The summed E-state index contributed by atoms with van der Waals surface area (Å²) in [6.07, 6.45) is 0.519. The highest BCUT2D eigenvalue weighted by atomic mass is 19.3. The van der Waals surface area contributed by atoms with E-state index in [0.29, 0.717) is 17.8 Å². The van der Waals surface area contributed by atoms with Gasteiger partial charge in [0.1, 0.15) is 5.76 Å². The molecule has 0 atom stereocenters. The largest absolute Gasteiger partial charge is 0.466 e. The second-order valence-corrected chi connectivity index (χ2v) is 6.15. The zero-order chi connectivity index (χ0) is 22.1. The summed E-state index contributed by atoms with van der Waals surface area (Å²) in [5.74, 6) is -0.887. The lowest BCUT2D eigenvalue weighted by Crippen LogP contribution is -2.31. The Labute approximate surface area is 171 Å². The summed E-state index contributed by atoms with van der Waals surface area (Å²) in [6.45, 7) is 5.09. The van der Waals surface area contributed by atoms with Crippen molar-refractivity contribution in [2.24, 2.45) is 5.73 Å². The predicted octanol–water partition coefficient (Wildman–Crippen LogP) is 3.08. The van der Waals surface area contributed by atoms with Crippen LogP contribution < -0.4 is 21.7 Å². The zero-order valence-electron chi connectivity index (χ0n) is 16.1. The first-order valence-electron chi connectivity index (χ1n) is 8.70. The first-order valence-corrected chi connectivity index (χ1v) is 8.70. The quantitative estimate of drug-likeness (QED) is 0.228. The fraction of sp³-hybridized carbons (Fsp3) is 0.150. The van der Waals surface area contributed by atoms with Crippen molar-refractivity contribution in [3.63, 3.8) is 0 Å². The smallest absolute Gasteiger partial charge is 0.421 e. The standard InChI is InChI=1S/C20H21F2N5O3/c1-13(11-14(2)30-20(21,22)23)26-18(28)16-3-5-17(6-4-16)27-19(29)25-12-15-7-9-24-10-8-15/h3-11H,2,12,23H2,1H3,(H,26,28)(H2,25,27,29)/b13-11+. The number of nitrogens with zero attached hydrogens (tertiary/aromatic N) is 1. The number of hydrogen-bond acceptors (Lipinski definition) is 5. The Kier molecular flexibility index (Phi) is 7.59. The highest BCUT2D eigenvalue weighted by molar-refractivity contribution is 5.96. The number of hydrogen-bond donors (Lipinski definition) is 4. The fourth-order valence-electron chi connectivity index (χ4n) is 2.30. The lowest BCUT2D eigenvalue weighted by molar-refractivity contribution is -0.205. The third kappa shape index (κ3) is 8.07. The minimum Gasteiger partial charge on any atom is -0.421 e. The number of carbonyl (C=O) groups is 2. The predicted molar refractivity (Wildman–Crippen MR) is 107 cm³/mol. The SMILES string of the molecule is C=C(/C=C(\C)NC(=O)c1ccc(NC(=O)NCc2ccncc2)cc1)OC(N)(F)F. The molecule has 0 saturated carbocycles. The van der Waals surface area contributed by atoms with Gasteiger partial charge in [0.15, 0.2) is 0 Å². The molecule has 30 heavy (non-hydrogen) atoms. The van der Waals surface area contributed by atoms with Crippen molar-refractivity contribution in [2.75, 3.05) is 5.32 Å². The average molecular weight is 417 g/mol. The summed E-state index contributed by atoms with van der Waals surface area (Å²) in [5.41, 5.74) is 6.34. The lowest BCUT2D eigenvalue weighted by atomic mass is 10.2. The van der Waals surface area contributed by atoms with Gasteiger partial charge >= 0.3 is 12.3 Å². The van der Waals surface area contributed by atoms with Crippen molar-refractivity contribution in [3.8, 4) is 0 Å². The fourth-order valence-corrected chi connectivity index (χ4v) is 2.30. The van der Waals surface area contributed by atoms with Gasteiger partial charge in [-0.25, -0.2) is 10.5 Å². The summed E-state index contributed by atoms with van der Waals surface area (Å²) in [5, 5.41) is 7.85. The molecular weight excluding hydrogens is 396 g/mol. The van der Waals surface area contributed by atoms with Gasteiger partial charge in [0.05, 0.1) is 0 Å². The van der Waals surface area contributed by atoms with Crippen LogP contribution in [0.3, 0.4) is 0 Å². The third-order valence-corrected chi connectivity index (χ3v) is 3.56. The van der Waals surface area contributed by atoms with Crippen LogP contribution in [-0.4, -0.2) is 23.2 Å². The molecule has 0 fully saturated rings. The molecule has 0 aliphatic rings. The van der Waals surface area contributed by atoms with E-state index in [1.54, 1.807) is 36.7 Å². The number of allylic oxidation sites excluding steroid dienone is 2. The Morgan fingerprint density at radius 1 is 1.20 bits per heavy atom. The molecule has 5 N–H and O–H groups in total. The molecule has 0 aliphatic carbocycles. The van der Waals surface area contributed by atoms with Crippen molar-refractivity contribution in [2.45, 2.75) is 19.7 Å². The van der Waals surface area contributed by atoms with E-state index >= 15 is 0 Å². The maximum Gasteiger partial charge on any atom is 0.466 e. The van der Waals surface area contributed by atoms with Crippen molar-refractivity contribution in [1.82, 2.24) is 15.6 Å². The minimum atomic E-state index is -3.86. The van der Waals surface area contributed by atoms with Gasteiger partial charge in [0, 0.05) is 35.9 Å². The zero-order valence-corrected chi connectivity index (χ0v) is 16.1. The van der Waals surface area contributed by atoms with E-state index in [2.05, 4.69) is 38.0 Å². The number of halogens is 2. The van der Waals surface area contributed by atoms with Gasteiger partial charge in [0.25, 0.3) is 5.91 Å². The van der Waals surface area contributed by atoms with Crippen LogP contribution >= 0.6 is 0 Å². The van der Waals surface area contributed by atoms with Crippen LogP contribution in [0.15, 0.2) is 72.9 Å². The van der Waals surface area contributed by atoms with E-state index < -0.39 is 23.9 Å². The first kappa shape index (κ1) is 22.5. The molecule has 2 aromatic rings. The van der Waals surface area contributed by atoms with Crippen molar-refractivity contribution in [3.05, 3.63) is 84.0 Å². The van der Waals surface area contributed by atoms with E-state index in [9.17, 15) is 18.4 Å². The van der Waals surface area contributed by atoms with Crippen LogP contribution in [0.1, 0.15) is 22.8 Å². The molecule has 0 bridgehead atoms. The molecule has 0 aliphatic heterocycles. The Morgan fingerprint density at radius 2 is 1.83 bits per heavy atom. The monoisotopic (exact) mass is 417 g/mol. The van der Waals surface area contributed by atoms with Crippen molar-refractivity contribution < 1.29 is 23.1 Å². The second-order valence-electron chi connectivity index (χ2n) is 6.15. The van der Waals surface area contributed by atoms with Crippen molar-refractivity contribution >= 4 is 17.6 Å². The van der Waals surface area contributed by atoms with Crippen LogP contribution in [0, 0.1) is 0 Å². The van der Waals surface area contributed by atoms with Crippen molar-refractivity contribution in [1.29, 1.82) is 0 Å². The van der Waals surface area contributed by atoms with E-state index in [-0.39, 0.29) is 5.70 Å². The van der Waals surface area contributed by atoms with Gasteiger partial charge < -0.3 is 20.7 Å². The molecule has 1 aromatic heterocycles. The summed E-state index contributed by atoms with van der Waals surface area (Å²) in [4.78, 5) is 28.1. The van der Waals surface area contributed by atoms with E-state index in [1.165, 1.54) is 19.1 Å². The number of anilines is 1. The van der Waals surface area contributed by atoms with Crippen LogP contribution in [0.2, 0.25) is 0 Å². The number of alkyl halides is 2. The number of carbonyl (C=O) groups excluding carboxylic acids is 2. The van der Waals surface area contributed by atoms with Gasteiger partial charge in [-0.05, 0) is 55.0 Å². The lowest BCUT2D eigenvalue weighted by Gasteiger charge is -2.13. The Hall–Kier alpha value is -3.79. The van der Waals surface area contributed by atoms with Gasteiger partial charge in [-0.3, -0.25) is 9.78 Å².